The Kier molecular flexibility index (Phi) is 3.79. The van der Waals surface area contributed by atoms with Crippen LogP contribution in [0.25, 0.3) is 0 Å². The minimum Gasteiger partial charge on any atom is -0.374 e. The summed E-state index contributed by atoms with van der Waals surface area (Å²) in [5, 5.41) is 11.2. The van der Waals surface area contributed by atoms with Gasteiger partial charge in [-0.1, -0.05) is 0 Å². The molecule has 0 spiro atoms. The average Bonchev–Trinajstić information content (AvgIpc) is 1.63. The van der Waals surface area contributed by atoms with Gasteiger partial charge >= 0.3 is 0 Å². The van der Waals surface area contributed by atoms with Crippen molar-refractivity contribution in [3.63, 3.8) is 0 Å². The van der Waals surface area contributed by atoms with Gasteiger partial charge in [-0.05, 0) is 13.8 Å². The Morgan fingerprint density at radius 3 is 2.78 bits per heavy atom. The normalized spacial score (nSPS) is 15.2. The van der Waals surface area contributed by atoms with E-state index in [4.69, 9.17) is 10.8 Å². The molecular formula is C5H13N3O. The van der Waals surface area contributed by atoms with Crippen LogP contribution in [0.4, 0.5) is 0 Å². The number of aliphatic hydroxyl groups excluding tert-OH is 1. The van der Waals surface area contributed by atoms with Crippen molar-refractivity contribution in [1.82, 2.24) is 5.32 Å². The first-order valence-corrected chi connectivity index (χ1v) is 2.91. The number of rotatable bonds is 2. The molecule has 9 heavy (non-hydrogen) atoms. The van der Waals surface area contributed by atoms with E-state index in [-0.39, 0.29) is 5.96 Å². The second kappa shape index (κ2) is 4.14. The SMILES string of the molecule is CCN=C(N)NC(C)O. The van der Waals surface area contributed by atoms with Crippen molar-refractivity contribution < 1.29 is 5.11 Å². The summed E-state index contributed by atoms with van der Waals surface area (Å²) in [6.45, 7) is 4.08. The summed E-state index contributed by atoms with van der Waals surface area (Å²) < 4.78 is 0. The fraction of sp³-hybridized carbons (Fsp3) is 0.800. The van der Waals surface area contributed by atoms with E-state index in [9.17, 15) is 0 Å². The molecule has 0 heterocycles. The lowest BCUT2D eigenvalue weighted by Crippen LogP contribution is -2.38. The third kappa shape index (κ3) is 5.10. The number of nitrogens with two attached hydrogens (primary N) is 1. The molecular weight excluding hydrogens is 118 g/mol. The van der Waals surface area contributed by atoms with E-state index in [1.54, 1.807) is 6.92 Å². The molecule has 1 unspecified atom stereocenters. The van der Waals surface area contributed by atoms with E-state index in [0.29, 0.717) is 6.54 Å². The average molecular weight is 131 g/mol. The Labute approximate surface area is 54.8 Å². The van der Waals surface area contributed by atoms with Gasteiger partial charge in [0.05, 0.1) is 0 Å². The molecule has 0 amide bonds. The van der Waals surface area contributed by atoms with Crippen LogP contribution in [-0.4, -0.2) is 23.8 Å². The fourth-order valence-corrected chi connectivity index (χ4v) is 0.430. The summed E-state index contributed by atoms with van der Waals surface area (Å²) >= 11 is 0. The van der Waals surface area contributed by atoms with Gasteiger partial charge in [-0.15, -0.1) is 0 Å². The van der Waals surface area contributed by atoms with E-state index < -0.39 is 6.23 Å². The number of hydrogen-bond donors (Lipinski definition) is 3. The Morgan fingerprint density at radius 1 is 1.89 bits per heavy atom. The van der Waals surface area contributed by atoms with Crippen molar-refractivity contribution >= 4 is 5.96 Å². The second-order valence-electron chi connectivity index (χ2n) is 1.68. The third-order valence-corrected chi connectivity index (χ3v) is 0.685. The standard InChI is InChI=1S/C5H13N3O/c1-3-7-5(6)8-4(2)9/h4,9H,3H2,1-2H3,(H3,6,7,8). The van der Waals surface area contributed by atoms with Gasteiger partial charge in [0, 0.05) is 6.54 Å². The van der Waals surface area contributed by atoms with Crippen LogP contribution in [0.2, 0.25) is 0 Å². The molecule has 0 aromatic carbocycles. The summed E-state index contributed by atoms with van der Waals surface area (Å²) in [7, 11) is 0. The zero-order valence-electron chi connectivity index (χ0n) is 5.76. The first kappa shape index (κ1) is 8.23. The molecule has 0 aliphatic heterocycles. The predicted molar refractivity (Wildman–Crippen MR) is 37.0 cm³/mol. The Hall–Kier alpha value is -0.770. The highest BCUT2D eigenvalue weighted by Gasteiger charge is 1.92. The minimum absolute atomic E-state index is 0.285. The van der Waals surface area contributed by atoms with Gasteiger partial charge in [-0.25, -0.2) is 0 Å². The molecule has 0 fully saturated rings. The van der Waals surface area contributed by atoms with E-state index in [1.165, 1.54) is 0 Å². The van der Waals surface area contributed by atoms with Gasteiger partial charge in [0.25, 0.3) is 0 Å². The highest BCUT2D eigenvalue weighted by molar-refractivity contribution is 5.77. The molecule has 0 bridgehead atoms. The predicted octanol–water partition coefficient (Wildman–Crippen LogP) is -0.751. The lowest BCUT2D eigenvalue weighted by Gasteiger charge is -2.06. The molecule has 0 aliphatic carbocycles. The highest BCUT2D eigenvalue weighted by Crippen LogP contribution is 1.70. The maximum atomic E-state index is 8.68. The lowest BCUT2D eigenvalue weighted by molar-refractivity contribution is 0.180. The second-order valence-corrected chi connectivity index (χ2v) is 1.68. The summed E-state index contributed by atoms with van der Waals surface area (Å²) in [6, 6.07) is 0. The zero-order valence-corrected chi connectivity index (χ0v) is 5.76. The molecule has 0 radical (unpaired) electrons. The maximum Gasteiger partial charge on any atom is 0.190 e. The number of nitrogens with one attached hydrogen (secondary N) is 1. The molecule has 0 rings (SSSR count). The van der Waals surface area contributed by atoms with Crippen LogP contribution < -0.4 is 11.1 Å². The quantitative estimate of drug-likeness (QED) is 0.262. The summed E-state index contributed by atoms with van der Waals surface area (Å²) in [5.74, 6) is 0.285. The van der Waals surface area contributed by atoms with Crippen LogP contribution in [0.5, 0.6) is 0 Å². The zero-order chi connectivity index (χ0) is 7.28. The maximum absolute atomic E-state index is 8.68. The van der Waals surface area contributed by atoms with Gasteiger partial charge in [0.2, 0.25) is 0 Å². The van der Waals surface area contributed by atoms with Gasteiger partial charge in [-0.3, -0.25) is 4.99 Å². The summed E-state index contributed by atoms with van der Waals surface area (Å²) in [6.07, 6.45) is -0.625. The van der Waals surface area contributed by atoms with Gasteiger partial charge in [0.15, 0.2) is 5.96 Å². The van der Waals surface area contributed by atoms with Crippen molar-refractivity contribution in [2.45, 2.75) is 20.1 Å². The lowest BCUT2D eigenvalue weighted by atomic mass is 10.6. The van der Waals surface area contributed by atoms with Crippen LogP contribution >= 0.6 is 0 Å². The first-order valence-electron chi connectivity index (χ1n) is 2.91. The Balaban J connectivity index is 3.49. The molecule has 0 saturated carbocycles. The van der Waals surface area contributed by atoms with E-state index in [1.807, 2.05) is 6.92 Å². The number of aliphatic imine (C=N–C) groups is 1. The smallest absolute Gasteiger partial charge is 0.190 e. The molecule has 54 valence electrons. The van der Waals surface area contributed by atoms with E-state index >= 15 is 0 Å². The Morgan fingerprint density at radius 2 is 2.44 bits per heavy atom. The third-order valence-electron chi connectivity index (χ3n) is 0.685. The van der Waals surface area contributed by atoms with Crippen LogP contribution in [0.15, 0.2) is 4.99 Å². The van der Waals surface area contributed by atoms with Crippen molar-refractivity contribution in [2.24, 2.45) is 10.7 Å². The van der Waals surface area contributed by atoms with Crippen LogP contribution in [0.3, 0.4) is 0 Å². The monoisotopic (exact) mass is 131 g/mol. The molecule has 0 aromatic heterocycles. The molecule has 0 saturated heterocycles. The first-order chi connectivity index (χ1) is 4.16. The summed E-state index contributed by atoms with van der Waals surface area (Å²) in [5.41, 5.74) is 5.26. The molecule has 0 aliphatic rings. The topological polar surface area (TPSA) is 70.6 Å². The molecule has 4 heteroatoms. The van der Waals surface area contributed by atoms with Crippen molar-refractivity contribution in [1.29, 1.82) is 0 Å². The van der Waals surface area contributed by atoms with Gasteiger partial charge in [0.1, 0.15) is 6.23 Å². The number of hydrogen-bond acceptors (Lipinski definition) is 2. The molecule has 4 N–H and O–H groups in total. The van der Waals surface area contributed by atoms with Crippen LogP contribution in [0.1, 0.15) is 13.8 Å². The molecule has 1 atom stereocenters. The van der Waals surface area contributed by atoms with Gasteiger partial charge in [-0.2, -0.15) is 0 Å². The van der Waals surface area contributed by atoms with Crippen LogP contribution in [-0.2, 0) is 0 Å². The van der Waals surface area contributed by atoms with Gasteiger partial charge < -0.3 is 16.2 Å². The summed E-state index contributed by atoms with van der Waals surface area (Å²) in [4.78, 5) is 3.79. The van der Waals surface area contributed by atoms with Crippen molar-refractivity contribution in [3.05, 3.63) is 0 Å². The van der Waals surface area contributed by atoms with Crippen LogP contribution in [0, 0.1) is 0 Å². The van der Waals surface area contributed by atoms with Crippen molar-refractivity contribution in [3.8, 4) is 0 Å². The number of nitrogens with zero attached hydrogens (tertiary/aromatic N) is 1. The van der Waals surface area contributed by atoms with E-state index in [0.717, 1.165) is 0 Å². The minimum atomic E-state index is -0.625. The largest absolute Gasteiger partial charge is 0.374 e. The molecule has 4 nitrogen and oxygen atoms in total. The van der Waals surface area contributed by atoms with E-state index in [2.05, 4.69) is 10.3 Å². The number of guanidine groups is 1. The van der Waals surface area contributed by atoms with Crippen molar-refractivity contribution in [2.75, 3.05) is 6.54 Å². The highest BCUT2D eigenvalue weighted by atomic mass is 16.3. The Bertz CT molecular complexity index is 100. The fourth-order valence-electron chi connectivity index (χ4n) is 0.430. The number of aliphatic hydroxyl groups is 1. The molecule has 0 aromatic rings.